The summed E-state index contributed by atoms with van der Waals surface area (Å²) in [5.41, 5.74) is 1.70. The zero-order chi connectivity index (χ0) is 17.9. The van der Waals surface area contributed by atoms with Crippen LogP contribution in [-0.4, -0.2) is 21.0 Å². The number of amides is 1. The van der Waals surface area contributed by atoms with Crippen molar-refractivity contribution in [3.05, 3.63) is 36.2 Å². The summed E-state index contributed by atoms with van der Waals surface area (Å²) in [6.45, 7) is 1.78. The van der Waals surface area contributed by atoms with Crippen LogP contribution in [0.25, 0.3) is 22.0 Å². The number of carbonyl (C=O) groups is 1. The van der Waals surface area contributed by atoms with E-state index in [1.807, 2.05) is 30.3 Å². The highest BCUT2D eigenvalue weighted by molar-refractivity contribution is 7.19. The Morgan fingerprint density at radius 3 is 2.62 bits per heavy atom. The average molecular weight is 368 g/mol. The predicted molar refractivity (Wildman–Crippen MR) is 101 cm³/mol. The van der Waals surface area contributed by atoms with E-state index in [0.29, 0.717) is 16.8 Å². The second-order valence-electron chi connectivity index (χ2n) is 6.53. The third-order valence-corrected chi connectivity index (χ3v) is 5.56. The van der Waals surface area contributed by atoms with E-state index in [4.69, 9.17) is 4.52 Å². The number of nitrogens with zero attached hydrogens (tertiary/aromatic N) is 3. The molecule has 1 saturated carbocycles. The maximum absolute atomic E-state index is 12.6. The van der Waals surface area contributed by atoms with Crippen molar-refractivity contribution in [2.24, 2.45) is 5.92 Å². The molecule has 0 radical (unpaired) electrons. The van der Waals surface area contributed by atoms with Gasteiger partial charge in [0.05, 0.1) is 5.69 Å². The lowest BCUT2D eigenvalue weighted by atomic mass is 9.89. The maximum atomic E-state index is 12.6. The maximum Gasteiger partial charge on any atom is 0.270 e. The molecular formula is C19H20N4O2S. The standard InChI is InChI=1S/C19H20N4O2S/c1-12-20-18(25-23-12)16-15(13-8-4-2-5-9-13)21-19(26-16)22-17(24)14-10-6-3-7-11-14/h2,4-5,8-9,14H,3,6-7,10-11H2,1H3,(H,21,22,24). The van der Waals surface area contributed by atoms with Crippen LogP contribution in [0.3, 0.4) is 0 Å². The summed E-state index contributed by atoms with van der Waals surface area (Å²) in [5, 5.41) is 7.45. The highest BCUT2D eigenvalue weighted by Crippen LogP contribution is 2.38. The van der Waals surface area contributed by atoms with E-state index in [9.17, 15) is 4.79 Å². The largest absolute Gasteiger partial charge is 0.333 e. The number of carbonyl (C=O) groups excluding carboxylic acids is 1. The molecule has 0 aliphatic heterocycles. The van der Waals surface area contributed by atoms with Crippen LogP contribution in [0.2, 0.25) is 0 Å². The molecule has 1 amide bonds. The summed E-state index contributed by atoms with van der Waals surface area (Å²) in [5.74, 6) is 1.14. The van der Waals surface area contributed by atoms with Crippen LogP contribution in [0.5, 0.6) is 0 Å². The minimum Gasteiger partial charge on any atom is -0.333 e. The van der Waals surface area contributed by atoms with E-state index in [-0.39, 0.29) is 11.8 Å². The Labute approximate surface area is 155 Å². The van der Waals surface area contributed by atoms with Gasteiger partial charge in [-0.15, -0.1) is 0 Å². The van der Waals surface area contributed by atoms with E-state index in [1.54, 1.807) is 6.92 Å². The Morgan fingerprint density at radius 1 is 1.15 bits per heavy atom. The molecule has 1 aliphatic carbocycles. The lowest BCUT2D eigenvalue weighted by molar-refractivity contribution is -0.120. The highest BCUT2D eigenvalue weighted by atomic mass is 32.1. The molecule has 0 atom stereocenters. The second-order valence-corrected chi connectivity index (χ2v) is 7.53. The van der Waals surface area contributed by atoms with Crippen LogP contribution >= 0.6 is 11.3 Å². The SMILES string of the molecule is Cc1noc(-c2sc(NC(=O)C3CCCCC3)nc2-c2ccccc2)n1. The first-order valence-corrected chi connectivity index (χ1v) is 9.70. The van der Waals surface area contributed by atoms with Gasteiger partial charge in [-0.3, -0.25) is 4.79 Å². The van der Waals surface area contributed by atoms with E-state index in [1.165, 1.54) is 17.8 Å². The lowest BCUT2D eigenvalue weighted by Gasteiger charge is -2.19. The number of thiazole rings is 1. The number of anilines is 1. The van der Waals surface area contributed by atoms with Crippen LogP contribution in [0.4, 0.5) is 5.13 Å². The zero-order valence-corrected chi connectivity index (χ0v) is 15.4. The van der Waals surface area contributed by atoms with Gasteiger partial charge in [0.1, 0.15) is 4.88 Å². The summed E-state index contributed by atoms with van der Waals surface area (Å²) in [6, 6.07) is 9.83. The fraction of sp³-hybridized carbons (Fsp3) is 0.368. The Kier molecular flexibility index (Phi) is 4.79. The van der Waals surface area contributed by atoms with Crippen LogP contribution in [0.1, 0.15) is 37.9 Å². The molecule has 7 heteroatoms. The molecule has 1 N–H and O–H groups in total. The van der Waals surface area contributed by atoms with Gasteiger partial charge in [-0.05, 0) is 19.8 Å². The quantitative estimate of drug-likeness (QED) is 0.723. The molecule has 0 unspecified atom stereocenters. The Hall–Kier alpha value is -2.54. The fourth-order valence-electron chi connectivity index (χ4n) is 3.27. The topological polar surface area (TPSA) is 80.9 Å². The van der Waals surface area contributed by atoms with Crippen molar-refractivity contribution in [3.63, 3.8) is 0 Å². The molecule has 6 nitrogen and oxygen atoms in total. The van der Waals surface area contributed by atoms with E-state index in [2.05, 4.69) is 20.4 Å². The number of nitrogens with one attached hydrogen (secondary N) is 1. The first-order chi connectivity index (χ1) is 12.7. The molecule has 3 aromatic rings. The molecule has 2 heterocycles. The van der Waals surface area contributed by atoms with Gasteiger partial charge in [0.15, 0.2) is 11.0 Å². The summed E-state index contributed by atoms with van der Waals surface area (Å²) in [4.78, 5) is 22.3. The molecule has 0 spiro atoms. The minimum atomic E-state index is 0.0614. The predicted octanol–water partition coefficient (Wildman–Crippen LogP) is 4.69. The summed E-state index contributed by atoms with van der Waals surface area (Å²) < 4.78 is 5.34. The normalized spacial score (nSPS) is 15.1. The number of aromatic nitrogens is 3. The number of hydrogen-bond donors (Lipinski definition) is 1. The van der Waals surface area contributed by atoms with Crippen LogP contribution < -0.4 is 5.32 Å². The monoisotopic (exact) mass is 368 g/mol. The molecule has 0 bridgehead atoms. The van der Waals surface area contributed by atoms with Gasteiger partial charge in [0, 0.05) is 11.5 Å². The zero-order valence-electron chi connectivity index (χ0n) is 14.6. The molecule has 0 saturated heterocycles. The summed E-state index contributed by atoms with van der Waals surface area (Å²) >= 11 is 1.37. The highest BCUT2D eigenvalue weighted by Gasteiger charge is 2.24. The molecular weight excluding hydrogens is 348 g/mol. The first kappa shape index (κ1) is 16.9. The molecule has 1 aromatic carbocycles. The smallest absolute Gasteiger partial charge is 0.270 e. The molecule has 2 aromatic heterocycles. The number of benzene rings is 1. The Bertz CT molecular complexity index is 897. The third kappa shape index (κ3) is 3.53. The molecule has 1 fully saturated rings. The van der Waals surface area contributed by atoms with Crippen molar-refractivity contribution in [3.8, 4) is 22.0 Å². The lowest BCUT2D eigenvalue weighted by Crippen LogP contribution is -2.24. The van der Waals surface area contributed by atoms with E-state index < -0.39 is 0 Å². The van der Waals surface area contributed by atoms with Crippen molar-refractivity contribution in [1.82, 2.24) is 15.1 Å². The van der Waals surface area contributed by atoms with E-state index >= 15 is 0 Å². The van der Waals surface area contributed by atoms with E-state index in [0.717, 1.165) is 41.8 Å². The third-order valence-electron chi connectivity index (χ3n) is 4.60. The van der Waals surface area contributed by atoms with Crippen molar-refractivity contribution in [2.75, 3.05) is 5.32 Å². The van der Waals surface area contributed by atoms with Crippen LogP contribution in [0, 0.1) is 12.8 Å². The molecule has 26 heavy (non-hydrogen) atoms. The molecule has 4 rings (SSSR count). The Morgan fingerprint density at radius 2 is 1.92 bits per heavy atom. The van der Waals surface area contributed by atoms with Crippen molar-refractivity contribution < 1.29 is 9.32 Å². The Balaban J connectivity index is 1.66. The minimum absolute atomic E-state index is 0.0614. The van der Waals surface area contributed by atoms with Gasteiger partial charge in [-0.25, -0.2) is 4.98 Å². The van der Waals surface area contributed by atoms with Gasteiger partial charge in [-0.2, -0.15) is 4.98 Å². The van der Waals surface area contributed by atoms with Crippen LogP contribution in [0.15, 0.2) is 34.9 Å². The number of aryl methyl sites for hydroxylation is 1. The molecule has 134 valence electrons. The fourth-order valence-corrected chi connectivity index (χ4v) is 4.18. The van der Waals surface area contributed by atoms with Gasteiger partial charge < -0.3 is 9.84 Å². The van der Waals surface area contributed by atoms with Gasteiger partial charge in [0.25, 0.3) is 5.89 Å². The van der Waals surface area contributed by atoms with Gasteiger partial charge >= 0.3 is 0 Å². The first-order valence-electron chi connectivity index (χ1n) is 8.88. The number of rotatable bonds is 4. The van der Waals surface area contributed by atoms with Crippen molar-refractivity contribution in [2.45, 2.75) is 39.0 Å². The summed E-state index contributed by atoms with van der Waals surface area (Å²) in [7, 11) is 0. The average Bonchev–Trinajstić information content (AvgIpc) is 3.29. The molecule has 1 aliphatic rings. The van der Waals surface area contributed by atoms with Gasteiger partial charge in [0.2, 0.25) is 5.91 Å². The second kappa shape index (κ2) is 7.37. The van der Waals surface area contributed by atoms with Crippen molar-refractivity contribution >= 4 is 22.4 Å². The number of hydrogen-bond acceptors (Lipinski definition) is 6. The summed E-state index contributed by atoms with van der Waals surface area (Å²) in [6.07, 6.45) is 5.38. The van der Waals surface area contributed by atoms with Crippen molar-refractivity contribution in [1.29, 1.82) is 0 Å². The van der Waals surface area contributed by atoms with Crippen LogP contribution in [-0.2, 0) is 4.79 Å². The van der Waals surface area contributed by atoms with Gasteiger partial charge in [-0.1, -0.05) is 66.1 Å².